The average Bonchev–Trinajstić information content (AvgIpc) is 2.61. The van der Waals surface area contributed by atoms with Crippen molar-refractivity contribution in [2.24, 2.45) is 0 Å². The Morgan fingerprint density at radius 1 is 1.12 bits per heavy atom. The van der Waals surface area contributed by atoms with Gasteiger partial charge in [-0.2, -0.15) is 5.26 Å². The second-order valence-electron chi connectivity index (χ2n) is 4.78. The van der Waals surface area contributed by atoms with Gasteiger partial charge in [0.1, 0.15) is 28.9 Å². The maximum absolute atomic E-state index is 12.2. The van der Waals surface area contributed by atoms with E-state index in [0.29, 0.717) is 22.7 Å². The summed E-state index contributed by atoms with van der Waals surface area (Å²) >= 11 is 0. The van der Waals surface area contributed by atoms with Crippen LogP contribution in [-0.4, -0.2) is 25.2 Å². The lowest BCUT2D eigenvalue weighted by molar-refractivity contribution is -0.112. The number of amides is 1. The number of phenols is 1. The topological polar surface area (TPSA) is 91.6 Å². The predicted octanol–water partition coefficient (Wildman–Crippen LogP) is 2.96. The fourth-order valence-corrected chi connectivity index (χ4v) is 1.95. The van der Waals surface area contributed by atoms with Crippen molar-refractivity contribution in [3.8, 4) is 23.3 Å². The van der Waals surface area contributed by atoms with Crippen LogP contribution in [-0.2, 0) is 4.79 Å². The summed E-state index contributed by atoms with van der Waals surface area (Å²) in [6.45, 7) is 0. The lowest BCUT2D eigenvalue weighted by Crippen LogP contribution is -2.13. The van der Waals surface area contributed by atoms with E-state index in [1.54, 1.807) is 37.4 Å². The molecule has 6 nitrogen and oxygen atoms in total. The van der Waals surface area contributed by atoms with Crippen LogP contribution in [0.3, 0.4) is 0 Å². The minimum Gasteiger partial charge on any atom is -0.507 e. The fourth-order valence-electron chi connectivity index (χ4n) is 1.95. The fraction of sp³-hybridized carbons (Fsp3) is 0.111. The highest BCUT2D eigenvalue weighted by Crippen LogP contribution is 2.25. The Bertz CT molecular complexity index is 805. The van der Waals surface area contributed by atoms with Crippen LogP contribution in [0.15, 0.2) is 48.0 Å². The molecular formula is C18H16N2O4. The molecule has 0 spiro atoms. The molecule has 1 amide bonds. The summed E-state index contributed by atoms with van der Waals surface area (Å²) in [5.41, 5.74) is 0.696. The van der Waals surface area contributed by atoms with Gasteiger partial charge in [0.15, 0.2) is 0 Å². The molecule has 0 saturated carbocycles. The normalized spacial score (nSPS) is 10.6. The summed E-state index contributed by atoms with van der Waals surface area (Å²) in [6.07, 6.45) is 1.30. The zero-order valence-electron chi connectivity index (χ0n) is 13.2. The van der Waals surface area contributed by atoms with Crippen molar-refractivity contribution < 1.29 is 19.4 Å². The van der Waals surface area contributed by atoms with Gasteiger partial charge in [-0.25, -0.2) is 0 Å². The Labute approximate surface area is 139 Å². The van der Waals surface area contributed by atoms with E-state index in [0.717, 1.165) is 0 Å². The third kappa shape index (κ3) is 4.05. The van der Waals surface area contributed by atoms with E-state index in [1.807, 2.05) is 6.07 Å². The number of carbonyl (C=O) groups excluding carboxylic acids is 1. The number of ether oxygens (including phenoxy) is 2. The molecule has 0 aliphatic rings. The molecule has 0 unspecified atom stereocenters. The Balaban J connectivity index is 2.23. The molecule has 6 heteroatoms. The van der Waals surface area contributed by atoms with E-state index in [4.69, 9.17) is 9.47 Å². The number of nitrogens with one attached hydrogen (secondary N) is 1. The van der Waals surface area contributed by atoms with Crippen LogP contribution in [0.2, 0.25) is 0 Å². The first-order chi connectivity index (χ1) is 11.6. The first kappa shape index (κ1) is 16.9. The molecule has 0 heterocycles. The molecule has 0 atom stereocenters. The van der Waals surface area contributed by atoms with Crippen molar-refractivity contribution in [1.29, 1.82) is 5.26 Å². The average molecular weight is 324 g/mol. The van der Waals surface area contributed by atoms with Gasteiger partial charge in [0, 0.05) is 11.3 Å². The maximum atomic E-state index is 12.2. The van der Waals surface area contributed by atoms with E-state index in [2.05, 4.69) is 5.32 Å². The smallest absolute Gasteiger partial charge is 0.266 e. The van der Waals surface area contributed by atoms with E-state index in [9.17, 15) is 15.2 Å². The molecule has 2 rings (SSSR count). The SMILES string of the molecule is COc1ccc(NC(=O)/C(C#N)=C/c2cc(OC)ccc2O)cc1. The van der Waals surface area contributed by atoms with Crippen LogP contribution in [0.25, 0.3) is 6.08 Å². The Morgan fingerprint density at radius 3 is 2.33 bits per heavy atom. The second-order valence-corrected chi connectivity index (χ2v) is 4.78. The zero-order valence-corrected chi connectivity index (χ0v) is 13.2. The summed E-state index contributed by atoms with van der Waals surface area (Å²) in [5, 5.41) is 21.7. The molecule has 0 fully saturated rings. The van der Waals surface area contributed by atoms with Gasteiger partial charge in [0.25, 0.3) is 5.91 Å². The standard InChI is InChI=1S/C18H16N2O4/c1-23-15-5-3-14(4-6-15)20-18(22)13(11-19)9-12-10-16(24-2)7-8-17(12)21/h3-10,21H,1-2H3,(H,20,22)/b13-9+. The van der Waals surface area contributed by atoms with E-state index in [-0.39, 0.29) is 11.3 Å². The zero-order chi connectivity index (χ0) is 17.5. The van der Waals surface area contributed by atoms with Gasteiger partial charge in [0.2, 0.25) is 0 Å². The Hall–Kier alpha value is -3.46. The number of rotatable bonds is 5. The van der Waals surface area contributed by atoms with Gasteiger partial charge in [-0.05, 0) is 48.5 Å². The van der Waals surface area contributed by atoms with Gasteiger partial charge in [-0.15, -0.1) is 0 Å². The van der Waals surface area contributed by atoms with Crippen LogP contribution >= 0.6 is 0 Å². The molecule has 24 heavy (non-hydrogen) atoms. The number of aromatic hydroxyl groups is 1. The lowest BCUT2D eigenvalue weighted by atomic mass is 10.1. The van der Waals surface area contributed by atoms with Crippen LogP contribution in [0.4, 0.5) is 5.69 Å². The molecule has 0 saturated heterocycles. The van der Waals surface area contributed by atoms with Crippen molar-refractivity contribution in [2.45, 2.75) is 0 Å². The van der Waals surface area contributed by atoms with Crippen molar-refractivity contribution in [2.75, 3.05) is 19.5 Å². The van der Waals surface area contributed by atoms with Crippen molar-refractivity contribution >= 4 is 17.7 Å². The molecule has 0 aliphatic heterocycles. The molecule has 0 aliphatic carbocycles. The Kier molecular flexibility index (Phi) is 5.42. The minimum absolute atomic E-state index is 0.0548. The number of anilines is 1. The van der Waals surface area contributed by atoms with Crippen LogP contribution in [0.1, 0.15) is 5.56 Å². The van der Waals surface area contributed by atoms with Crippen LogP contribution in [0.5, 0.6) is 17.2 Å². The lowest BCUT2D eigenvalue weighted by Gasteiger charge is -2.07. The molecular weight excluding hydrogens is 308 g/mol. The molecule has 0 aromatic heterocycles. The number of methoxy groups -OCH3 is 2. The first-order valence-electron chi connectivity index (χ1n) is 7.01. The van der Waals surface area contributed by atoms with Gasteiger partial charge in [0.05, 0.1) is 14.2 Å². The number of phenolic OH excluding ortho intramolecular Hbond substituents is 1. The number of nitriles is 1. The predicted molar refractivity (Wildman–Crippen MR) is 89.9 cm³/mol. The molecule has 0 bridgehead atoms. The molecule has 122 valence electrons. The number of nitrogens with zero attached hydrogens (tertiary/aromatic N) is 1. The number of carbonyl (C=O) groups is 1. The van der Waals surface area contributed by atoms with Gasteiger partial charge < -0.3 is 19.9 Å². The summed E-state index contributed by atoms with van der Waals surface area (Å²) in [5.74, 6) is 0.530. The monoisotopic (exact) mass is 324 g/mol. The highest BCUT2D eigenvalue weighted by atomic mass is 16.5. The highest BCUT2D eigenvalue weighted by Gasteiger charge is 2.11. The quantitative estimate of drug-likeness (QED) is 0.652. The summed E-state index contributed by atoms with van der Waals surface area (Å²) in [4.78, 5) is 12.2. The number of hydrogen-bond donors (Lipinski definition) is 2. The minimum atomic E-state index is -0.579. The first-order valence-corrected chi connectivity index (χ1v) is 7.01. The highest BCUT2D eigenvalue weighted by molar-refractivity contribution is 6.09. The van der Waals surface area contributed by atoms with Crippen LogP contribution < -0.4 is 14.8 Å². The van der Waals surface area contributed by atoms with E-state index < -0.39 is 5.91 Å². The third-order valence-electron chi connectivity index (χ3n) is 3.25. The second kappa shape index (κ2) is 7.70. The maximum Gasteiger partial charge on any atom is 0.266 e. The number of hydrogen-bond acceptors (Lipinski definition) is 5. The third-order valence-corrected chi connectivity index (χ3v) is 3.25. The number of benzene rings is 2. The molecule has 2 aromatic carbocycles. The van der Waals surface area contributed by atoms with Gasteiger partial charge in [-0.1, -0.05) is 0 Å². The molecule has 2 N–H and O–H groups in total. The van der Waals surface area contributed by atoms with Crippen LogP contribution in [0, 0.1) is 11.3 Å². The summed E-state index contributed by atoms with van der Waals surface area (Å²) in [7, 11) is 3.03. The van der Waals surface area contributed by atoms with Gasteiger partial charge in [-0.3, -0.25) is 4.79 Å². The summed E-state index contributed by atoms with van der Waals surface area (Å²) < 4.78 is 10.1. The van der Waals surface area contributed by atoms with E-state index >= 15 is 0 Å². The molecule has 0 radical (unpaired) electrons. The van der Waals surface area contributed by atoms with Crippen molar-refractivity contribution in [3.63, 3.8) is 0 Å². The van der Waals surface area contributed by atoms with Gasteiger partial charge >= 0.3 is 0 Å². The Morgan fingerprint density at radius 2 is 1.75 bits per heavy atom. The largest absolute Gasteiger partial charge is 0.507 e. The van der Waals surface area contributed by atoms with E-state index in [1.165, 1.54) is 25.3 Å². The van der Waals surface area contributed by atoms with Crippen molar-refractivity contribution in [3.05, 3.63) is 53.6 Å². The molecule has 2 aromatic rings. The summed E-state index contributed by atoms with van der Waals surface area (Å²) in [6, 6.07) is 13.1. The van der Waals surface area contributed by atoms with Crippen molar-refractivity contribution in [1.82, 2.24) is 0 Å².